The van der Waals surface area contributed by atoms with E-state index < -0.39 is 0 Å². The molecule has 0 fully saturated rings. The average molecular weight is 230 g/mol. The fourth-order valence-corrected chi connectivity index (χ4v) is 1.54. The lowest BCUT2D eigenvalue weighted by molar-refractivity contribution is 1.25. The van der Waals surface area contributed by atoms with Crippen molar-refractivity contribution in [3.05, 3.63) is 44.7 Å². The van der Waals surface area contributed by atoms with E-state index in [4.69, 9.17) is 18.2 Å². The molecule has 0 aliphatic heterocycles. The molecule has 3 heteroatoms. The highest BCUT2D eigenvalue weighted by Crippen LogP contribution is 2.21. The predicted octanol–water partition coefficient (Wildman–Crippen LogP) is 3.52. The van der Waals surface area contributed by atoms with Crippen molar-refractivity contribution in [1.82, 2.24) is 0 Å². The molecule has 0 N–H and O–H groups in total. The second kappa shape index (κ2) is 3.75. The maximum atomic E-state index is 6.66. The van der Waals surface area contributed by atoms with Crippen LogP contribution in [0.2, 0.25) is 5.02 Å². The van der Waals surface area contributed by atoms with E-state index in [1.807, 2.05) is 6.07 Å². The summed E-state index contributed by atoms with van der Waals surface area (Å²) in [5.74, 6) is 0. The molecule has 0 atom stereocenters. The Morgan fingerprint density at radius 3 is 2.82 bits per heavy atom. The van der Waals surface area contributed by atoms with Gasteiger partial charge in [-0.2, -0.15) is 0 Å². The average Bonchev–Trinajstić information content (AvgIpc) is 1.95. The molecule has 0 amide bonds. The van der Waals surface area contributed by atoms with Gasteiger partial charge >= 0.3 is 0 Å². The highest BCUT2D eigenvalue weighted by atomic mass is 79.9. The SMILES string of the molecule is [C-]#[N+]Cc1ccc(Cl)cc1Br. The third-order valence-corrected chi connectivity index (χ3v) is 2.24. The van der Waals surface area contributed by atoms with Crippen molar-refractivity contribution < 1.29 is 0 Å². The Kier molecular flexibility index (Phi) is 2.92. The van der Waals surface area contributed by atoms with E-state index >= 15 is 0 Å². The molecular weight excluding hydrogens is 225 g/mol. The van der Waals surface area contributed by atoms with Crippen LogP contribution in [0.25, 0.3) is 4.85 Å². The highest BCUT2D eigenvalue weighted by Gasteiger charge is 2.01. The number of hydrogen-bond acceptors (Lipinski definition) is 0. The molecule has 0 saturated carbocycles. The summed E-state index contributed by atoms with van der Waals surface area (Å²) in [6, 6.07) is 5.43. The molecular formula is C8H5BrClN. The molecule has 0 aliphatic rings. The van der Waals surface area contributed by atoms with Gasteiger partial charge in [-0.1, -0.05) is 27.5 Å². The van der Waals surface area contributed by atoms with E-state index in [9.17, 15) is 0 Å². The molecule has 0 unspecified atom stereocenters. The molecule has 1 aromatic rings. The summed E-state index contributed by atoms with van der Waals surface area (Å²) in [7, 11) is 0. The second-order valence-corrected chi connectivity index (χ2v) is 3.34. The van der Waals surface area contributed by atoms with E-state index in [0.29, 0.717) is 11.6 Å². The monoisotopic (exact) mass is 229 g/mol. The lowest BCUT2D eigenvalue weighted by Crippen LogP contribution is -1.80. The molecule has 0 radical (unpaired) electrons. The predicted molar refractivity (Wildman–Crippen MR) is 49.5 cm³/mol. The van der Waals surface area contributed by atoms with Gasteiger partial charge in [0.25, 0.3) is 0 Å². The maximum absolute atomic E-state index is 6.66. The largest absolute Gasteiger partial charge is 0.312 e. The Balaban J connectivity index is 3.01. The number of halogens is 2. The van der Waals surface area contributed by atoms with Crippen LogP contribution in [-0.4, -0.2) is 0 Å². The normalized spacial score (nSPS) is 9.18. The standard InChI is InChI=1S/C8H5BrClN/c1-11-5-6-2-3-7(10)4-8(6)9/h2-4H,5H2. The van der Waals surface area contributed by atoms with Crippen molar-refractivity contribution in [1.29, 1.82) is 0 Å². The fourth-order valence-electron chi connectivity index (χ4n) is 0.735. The molecule has 0 aliphatic carbocycles. The first kappa shape index (κ1) is 8.58. The Hall–Kier alpha value is -0.520. The van der Waals surface area contributed by atoms with Gasteiger partial charge < -0.3 is 4.85 Å². The Morgan fingerprint density at radius 1 is 1.55 bits per heavy atom. The molecule has 0 saturated heterocycles. The summed E-state index contributed by atoms with van der Waals surface area (Å²) in [4.78, 5) is 3.27. The van der Waals surface area contributed by atoms with E-state index in [1.54, 1.807) is 12.1 Å². The molecule has 56 valence electrons. The minimum absolute atomic E-state index is 0.401. The van der Waals surface area contributed by atoms with Gasteiger partial charge in [-0.25, -0.2) is 6.57 Å². The quantitative estimate of drug-likeness (QED) is 0.650. The van der Waals surface area contributed by atoms with Crippen molar-refractivity contribution in [2.75, 3.05) is 0 Å². The molecule has 1 nitrogen and oxygen atoms in total. The van der Waals surface area contributed by atoms with Crippen LogP contribution in [0.1, 0.15) is 5.56 Å². The first-order chi connectivity index (χ1) is 5.24. The first-order valence-electron chi connectivity index (χ1n) is 3.01. The molecule has 0 heterocycles. The second-order valence-electron chi connectivity index (χ2n) is 2.05. The van der Waals surface area contributed by atoms with Crippen molar-refractivity contribution in [3.63, 3.8) is 0 Å². The van der Waals surface area contributed by atoms with Crippen molar-refractivity contribution in [2.24, 2.45) is 0 Å². The Morgan fingerprint density at radius 2 is 2.27 bits per heavy atom. The maximum Gasteiger partial charge on any atom is 0.240 e. The molecule has 0 bridgehead atoms. The number of rotatable bonds is 1. The Bertz CT molecular complexity index is 303. The van der Waals surface area contributed by atoms with Gasteiger partial charge in [0.05, 0.1) is 0 Å². The fraction of sp³-hybridized carbons (Fsp3) is 0.125. The zero-order valence-electron chi connectivity index (χ0n) is 5.64. The number of nitrogens with zero attached hydrogens (tertiary/aromatic N) is 1. The molecule has 0 aromatic heterocycles. The van der Waals surface area contributed by atoms with Crippen LogP contribution in [0.3, 0.4) is 0 Å². The summed E-state index contributed by atoms with van der Waals surface area (Å²) in [5.41, 5.74) is 0.976. The van der Waals surface area contributed by atoms with Crippen LogP contribution in [0.15, 0.2) is 22.7 Å². The van der Waals surface area contributed by atoms with Crippen LogP contribution in [0, 0.1) is 6.57 Å². The van der Waals surface area contributed by atoms with Gasteiger partial charge in [0.1, 0.15) is 0 Å². The topological polar surface area (TPSA) is 4.36 Å². The van der Waals surface area contributed by atoms with Gasteiger partial charge in [-0.05, 0) is 18.2 Å². The van der Waals surface area contributed by atoms with Crippen LogP contribution in [0.5, 0.6) is 0 Å². The third-order valence-electron chi connectivity index (χ3n) is 1.26. The van der Waals surface area contributed by atoms with Crippen LogP contribution < -0.4 is 0 Å². The van der Waals surface area contributed by atoms with Crippen LogP contribution in [0.4, 0.5) is 0 Å². The van der Waals surface area contributed by atoms with E-state index in [0.717, 1.165) is 10.0 Å². The van der Waals surface area contributed by atoms with Crippen LogP contribution >= 0.6 is 27.5 Å². The van der Waals surface area contributed by atoms with Gasteiger partial charge in [-0.3, -0.25) is 0 Å². The summed E-state index contributed by atoms with van der Waals surface area (Å²) >= 11 is 9.03. The highest BCUT2D eigenvalue weighted by molar-refractivity contribution is 9.10. The molecule has 1 rings (SSSR count). The van der Waals surface area contributed by atoms with Crippen molar-refractivity contribution >= 4 is 27.5 Å². The molecule has 11 heavy (non-hydrogen) atoms. The summed E-state index contributed by atoms with van der Waals surface area (Å²) in [6.45, 7) is 7.06. The summed E-state index contributed by atoms with van der Waals surface area (Å²) < 4.78 is 0.904. The van der Waals surface area contributed by atoms with Gasteiger partial charge in [0.2, 0.25) is 6.54 Å². The first-order valence-corrected chi connectivity index (χ1v) is 4.18. The van der Waals surface area contributed by atoms with E-state index in [1.165, 1.54) is 0 Å². The molecule has 1 aromatic carbocycles. The summed E-state index contributed by atoms with van der Waals surface area (Å²) in [6.07, 6.45) is 0. The minimum atomic E-state index is 0.401. The van der Waals surface area contributed by atoms with Crippen LogP contribution in [-0.2, 0) is 6.54 Å². The smallest absolute Gasteiger partial charge is 0.240 e. The lowest BCUT2D eigenvalue weighted by atomic mass is 10.2. The van der Waals surface area contributed by atoms with Gasteiger partial charge in [0, 0.05) is 15.1 Å². The van der Waals surface area contributed by atoms with Gasteiger partial charge in [0.15, 0.2) is 0 Å². The summed E-state index contributed by atoms with van der Waals surface area (Å²) in [5, 5.41) is 0.686. The Labute approximate surface area is 78.9 Å². The van der Waals surface area contributed by atoms with Gasteiger partial charge in [-0.15, -0.1) is 0 Å². The van der Waals surface area contributed by atoms with E-state index in [2.05, 4.69) is 20.8 Å². The van der Waals surface area contributed by atoms with E-state index in [-0.39, 0.29) is 0 Å². The van der Waals surface area contributed by atoms with Crippen molar-refractivity contribution in [3.8, 4) is 0 Å². The molecule has 0 spiro atoms. The third kappa shape index (κ3) is 2.21. The lowest BCUT2D eigenvalue weighted by Gasteiger charge is -1.96. The minimum Gasteiger partial charge on any atom is -0.312 e. The van der Waals surface area contributed by atoms with Crippen molar-refractivity contribution in [2.45, 2.75) is 6.54 Å². The number of benzene rings is 1. The zero-order valence-corrected chi connectivity index (χ0v) is 7.98. The zero-order chi connectivity index (χ0) is 8.27. The number of hydrogen-bond donors (Lipinski definition) is 0.